The highest BCUT2D eigenvalue weighted by atomic mass is 79.9. The van der Waals surface area contributed by atoms with Crippen LogP contribution in [0.25, 0.3) is 0 Å². The predicted octanol–water partition coefficient (Wildman–Crippen LogP) is 3.56. The summed E-state index contributed by atoms with van der Waals surface area (Å²) in [6.07, 6.45) is 3.41. The monoisotopic (exact) mass is 281 g/mol. The summed E-state index contributed by atoms with van der Waals surface area (Å²) in [5.41, 5.74) is 0.950. The first-order chi connectivity index (χ1) is 7.75. The van der Waals surface area contributed by atoms with Crippen molar-refractivity contribution in [3.05, 3.63) is 58.6 Å². The van der Waals surface area contributed by atoms with Gasteiger partial charge in [-0.25, -0.2) is 4.39 Å². The summed E-state index contributed by atoms with van der Waals surface area (Å²) in [6, 6.07) is 8.42. The van der Waals surface area contributed by atoms with E-state index in [-0.39, 0.29) is 5.82 Å². The summed E-state index contributed by atoms with van der Waals surface area (Å²) in [6.45, 7) is 0.384. The van der Waals surface area contributed by atoms with Gasteiger partial charge >= 0.3 is 0 Å². The number of benzene rings is 1. The van der Waals surface area contributed by atoms with Crippen LogP contribution < -0.4 is 4.74 Å². The third kappa shape index (κ3) is 2.79. The highest BCUT2D eigenvalue weighted by Crippen LogP contribution is 2.21. The van der Waals surface area contributed by atoms with Crippen LogP contribution in [0.4, 0.5) is 4.39 Å². The largest absolute Gasteiger partial charge is 0.489 e. The zero-order chi connectivity index (χ0) is 11.4. The normalized spacial score (nSPS) is 10.1. The molecule has 1 aromatic carbocycles. The van der Waals surface area contributed by atoms with Crippen LogP contribution in [0.1, 0.15) is 5.56 Å². The molecule has 0 aliphatic carbocycles. The molecule has 0 spiro atoms. The zero-order valence-corrected chi connectivity index (χ0v) is 9.95. The molecule has 0 bridgehead atoms. The SMILES string of the molecule is Fc1cc(OCc2cccnc2)ccc1Br. The van der Waals surface area contributed by atoms with Crippen molar-refractivity contribution < 1.29 is 9.13 Å². The zero-order valence-electron chi connectivity index (χ0n) is 8.36. The number of ether oxygens (including phenoxy) is 1. The van der Waals surface area contributed by atoms with Crippen LogP contribution in [-0.2, 0) is 6.61 Å². The van der Waals surface area contributed by atoms with Crippen LogP contribution in [0.5, 0.6) is 5.75 Å². The quantitative estimate of drug-likeness (QED) is 0.858. The molecule has 0 N–H and O–H groups in total. The van der Waals surface area contributed by atoms with E-state index in [0.717, 1.165) is 5.56 Å². The number of hydrogen-bond acceptors (Lipinski definition) is 2. The van der Waals surface area contributed by atoms with Crippen molar-refractivity contribution in [1.29, 1.82) is 0 Å². The molecule has 0 aliphatic heterocycles. The summed E-state index contributed by atoms with van der Waals surface area (Å²) < 4.78 is 19.0. The van der Waals surface area contributed by atoms with Gasteiger partial charge in [-0.05, 0) is 34.1 Å². The van der Waals surface area contributed by atoms with E-state index in [1.807, 2.05) is 12.1 Å². The maximum atomic E-state index is 13.2. The second-order valence-electron chi connectivity index (χ2n) is 3.23. The van der Waals surface area contributed by atoms with E-state index in [1.54, 1.807) is 24.5 Å². The van der Waals surface area contributed by atoms with Crippen LogP contribution in [0.3, 0.4) is 0 Å². The Morgan fingerprint density at radius 1 is 1.31 bits per heavy atom. The number of nitrogens with zero attached hydrogens (tertiary/aromatic N) is 1. The van der Waals surface area contributed by atoms with Crippen LogP contribution in [0.2, 0.25) is 0 Å². The van der Waals surface area contributed by atoms with Crippen molar-refractivity contribution in [2.24, 2.45) is 0 Å². The van der Waals surface area contributed by atoms with Gasteiger partial charge in [0.2, 0.25) is 0 Å². The number of aromatic nitrogens is 1. The molecule has 0 saturated heterocycles. The predicted molar refractivity (Wildman–Crippen MR) is 62.7 cm³/mol. The van der Waals surface area contributed by atoms with Gasteiger partial charge in [-0.3, -0.25) is 4.98 Å². The minimum absolute atomic E-state index is 0.330. The Labute approximate surface area is 101 Å². The first-order valence-electron chi connectivity index (χ1n) is 4.72. The first kappa shape index (κ1) is 11.1. The third-order valence-corrected chi connectivity index (χ3v) is 2.66. The van der Waals surface area contributed by atoms with Gasteiger partial charge in [0.15, 0.2) is 0 Å². The molecule has 2 aromatic rings. The molecule has 0 unspecified atom stereocenters. The number of hydrogen-bond donors (Lipinski definition) is 0. The van der Waals surface area contributed by atoms with Crippen molar-refractivity contribution in [1.82, 2.24) is 4.98 Å². The fraction of sp³-hybridized carbons (Fsp3) is 0.0833. The summed E-state index contributed by atoms with van der Waals surface area (Å²) >= 11 is 3.08. The van der Waals surface area contributed by atoms with Gasteiger partial charge in [0.25, 0.3) is 0 Å². The van der Waals surface area contributed by atoms with Crippen molar-refractivity contribution in [2.75, 3.05) is 0 Å². The Morgan fingerprint density at radius 2 is 2.19 bits per heavy atom. The molecular formula is C12H9BrFNO. The smallest absolute Gasteiger partial charge is 0.141 e. The van der Waals surface area contributed by atoms with Gasteiger partial charge in [0, 0.05) is 24.0 Å². The maximum Gasteiger partial charge on any atom is 0.141 e. The molecule has 1 heterocycles. The highest BCUT2D eigenvalue weighted by Gasteiger charge is 2.01. The molecule has 82 valence electrons. The molecule has 2 rings (SSSR count). The Bertz CT molecular complexity index is 476. The topological polar surface area (TPSA) is 22.1 Å². The lowest BCUT2D eigenvalue weighted by atomic mass is 10.3. The molecule has 2 nitrogen and oxygen atoms in total. The van der Waals surface area contributed by atoms with Gasteiger partial charge in [0.1, 0.15) is 18.2 Å². The average Bonchev–Trinajstić information content (AvgIpc) is 2.32. The van der Waals surface area contributed by atoms with Crippen LogP contribution in [-0.4, -0.2) is 4.98 Å². The van der Waals surface area contributed by atoms with E-state index in [0.29, 0.717) is 16.8 Å². The molecule has 0 aliphatic rings. The van der Waals surface area contributed by atoms with Crippen molar-refractivity contribution >= 4 is 15.9 Å². The summed E-state index contributed by atoms with van der Waals surface area (Å²) in [5, 5.41) is 0. The van der Waals surface area contributed by atoms with Gasteiger partial charge in [-0.2, -0.15) is 0 Å². The minimum Gasteiger partial charge on any atom is -0.489 e. The molecule has 0 atom stereocenters. The second-order valence-corrected chi connectivity index (χ2v) is 4.08. The lowest BCUT2D eigenvalue weighted by Gasteiger charge is -2.06. The van der Waals surface area contributed by atoms with Gasteiger partial charge in [0.05, 0.1) is 4.47 Å². The Balaban J connectivity index is 2.03. The van der Waals surface area contributed by atoms with Crippen molar-refractivity contribution in [3.8, 4) is 5.75 Å². The number of rotatable bonds is 3. The van der Waals surface area contributed by atoms with E-state index in [9.17, 15) is 4.39 Å². The third-order valence-electron chi connectivity index (χ3n) is 2.02. The minimum atomic E-state index is -0.330. The summed E-state index contributed by atoms with van der Waals surface area (Å²) in [7, 11) is 0. The fourth-order valence-corrected chi connectivity index (χ4v) is 1.46. The van der Waals surface area contributed by atoms with Gasteiger partial charge in [-0.1, -0.05) is 6.07 Å². The Hall–Kier alpha value is -1.42. The van der Waals surface area contributed by atoms with E-state index in [2.05, 4.69) is 20.9 Å². The standard InChI is InChI=1S/C12H9BrFNO/c13-11-4-3-10(6-12(11)14)16-8-9-2-1-5-15-7-9/h1-7H,8H2. The Morgan fingerprint density at radius 3 is 2.88 bits per heavy atom. The second kappa shape index (κ2) is 5.07. The summed E-state index contributed by atoms with van der Waals surface area (Å²) in [5.74, 6) is 0.174. The maximum absolute atomic E-state index is 13.2. The number of halogens is 2. The van der Waals surface area contributed by atoms with E-state index in [4.69, 9.17) is 4.74 Å². The van der Waals surface area contributed by atoms with Gasteiger partial charge in [-0.15, -0.1) is 0 Å². The molecule has 0 amide bonds. The fourth-order valence-electron chi connectivity index (χ4n) is 1.22. The van der Waals surface area contributed by atoms with Crippen LogP contribution in [0.15, 0.2) is 47.2 Å². The summed E-state index contributed by atoms with van der Waals surface area (Å²) in [4.78, 5) is 3.97. The first-order valence-corrected chi connectivity index (χ1v) is 5.52. The lowest BCUT2D eigenvalue weighted by Crippen LogP contribution is -1.96. The Kier molecular flexibility index (Phi) is 3.51. The molecule has 4 heteroatoms. The molecule has 0 radical (unpaired) electrons. The molecule has 0 fully saturated rings. The van der Waals surface area contributed by atoms with Gasteiger partial charge < -0.3 is 4.74 Å². The van der Waals surface area contributed by atoms with E-state index < -0.39 is 0 Å². The van der Waals surface area contributed by atoms with E-state index >= 15 is 0 Å². The number of pyridine rings is 1. The molecule has 16 heavy (non-hydrogen) atoms. The van der Waals surface area contributed by atoms with Crippen molar-refractivity contribution in [2.45, 2.75) is 6.61 Å². The highest BCUT2D eigenvalue weighted by molar-refractivity contribution is 9.10. The average molecular weight is 282 g/mol. The van der Waals surface area contributed by atoms with Crippen LogP contribution >= 0.6 is 15.9 Å². The lowest BCUT2D eigenvalue weighted by molar-refractivity contribution is 0.304. The van der Waals surface area contributed by atoms with Crippen LogP contribution in [0, 0.1) is 5.82 Å². The van der Waals surface area contributed by atoms with E-state index in [1.165, 1.54) is 6.07 Å². The van der Waals surface area contributed by atoms with Crippen molar-refractivity contribution in [3.63, 3.8) is 0 Å². The molecular weight excluding hydrogens is 273 g/mol. The molecule has 0 saturated carbocycles. The molecule has 1 aromatic heterocycles.